The number of aromatic amines is 1. The van der Waals surface area contributed by atoms with Crippen LogP contribution < -0.4 is 20.8 Å². The number of phosphoric ester groups is 1. The highest BCUT2D eigenvalue weighted by atomic mass is 31.2. The summed E-state index contributed by atoms with van der Waals surface area (Å²) in [5.41, 5.74) is -0.205. The smallest absolute Gasteiger partial charge is 0.343 e. The first-order chi connectivity index (χ1) is 14.2. The number of aliphatic hydroxyl groups is 1. The second-order valence-corrected chi connectivity index (χ2v) is 8.00. The number of phosphoric acid groups is 1. The van der Waals surface area contributed by atoms with Crippen LogP contribution in [0.5, 0.6) is 0 Å². The topological polar surface area (TPSA) is 174 Å². The number of rotatable bonds is 6. The third kappa shape index (κ3) is 4.06. The number of aliphatic hydroxyl groups excluding tert-OH is 1. The van der Waals surface area contributed by atoms with E-state index in [2.05, 4.69) is 15.3 Å². The summed E-state index contributed by atoms with van der Waals surface area (Å²) in [6.07, 6.45) is -1.76. The van der Waals surface area contributed by atoms with Crippen molar-refractivity contribution in [3.63, 3.8) is 0 Å². The average Bonchev–Trinajstić information content (AvgIpc) is 3.26. The third-order valence-corrected chi connectivity index (χ3v) is 5.38. The Morgan fingerprint density at radius 3 is 2.97 bits per heavy atom. The van der Waals surface area contributed by atoms with Gasteiger partial charge in [0.05, 0.1) is 12.7 Å². The fraction of sp³-hybridized carbons (Fsp3) is 0.375. The molecule has 1 aliphatic rings. The highest BCUT2D eigenvalue weighted by molar-refractivity contribution is 7.46. The van der Waals surface area contributed by atoms with Crippen LogP contribution in [-0.2, 0) is 13.8 Å². The molecule has 30 heavy (non-hydrogen) atoms. The average molecular weight is 438 g/mol. The zero-order valence-electron chi connectivity index (χ0n) is 15.6. The van der Waals surface area contributed by atoms with E-state index in [0.717, 1.165) is 4.57 Å². The van der Waals surface area contributed by atoms with E-state index in [-0.39, 0.29) is 12.0 Å². The molecule has 0 radical (unpaired) electrons. The summed E-state index contributed by atoms with van der Waals surface area (Å²) in [5.74, 6) is 0. The Balaban J connectivity index is 1.42. The van der Waals surface area contributed by atoms with Gasteiger partial charge in [-0.1, -0.05) is 17.0 Å². The van der Waals surface area contributed by atoms with Gasteiger partial charge in [-0.2, -0.15) is 0 Å². The molecule has 1 fully saturated rings. The van der Waals surface area contributed by atoms with Crippen LogP contribution in [0, 0.1) is 6.92 Å². The van der Waals surface area contributed by atoms with Crippen molar-refractivity contribution < 1.29 is 28.5 Å². The van der Waals surface area contributed by atoms with Crippen molar-refractivity contribution >= 4 is 18.9 Å². The molecule has 4 rings (SSSR count). The SMILES string of the molecule is Cc1cn(C2CC(O)C(COP(=O)([O-])On3nnc4ccccc43)O2)c(=O)[nH]c1=O. The lowest BCUT2D eigenvalue weighted by Crippen LogP contribution is -2.33. The second kappa shape index (κ2) is 7.78. The van der Waals surface area contributed by atoms with Gasteiger partial charge < -0.3 is 23.9 Å². The minimum atomic E-state index is -4.88. The number of fused-ring (bicyclic) bond motifs is 1. The number of nitrogens with zero attached hydrogens (tertiary/aromatic N) is 4. The molecule has 4 unspecified atom stereocenters. The van der Waals surface area contributed by atoms with Crippen molar-refractivity contribution in [2.45, 2.75) is 31.8 Å². The summed E-state index contributed by atoms with van der Waals surface area (Å²) in [5, 5.41) is 17.5. The van der Waals surface area contributed by atoms with Crippen LogP contribution in [0.1, 0.15) is 18.2 Å². The lowest BCUT2D eigenvalue weighted by atomic mass is 10.2. The maximum atomic E-state index is 12.2. The van der Waals surface area contributed by atoms with Crippen LogP contribution in [0.2, 0.25) is 0 Å². The van der Waals surface area contributed by atoms with Gasteiger partial charge in [0, 0.05) is 18.2 Å². The molecular weight excluding hydrogens is 421 g/mol. The van der Waals surface area contributed by atoms with Crippen molar-refractivity contribution in [2.75, 3.05) is 6.61 Å². The first-order valence-corrected chi connectivity index (χ1v) is 10.3. The normalized spacial score (nSPS) is 23.5. The van der Waals surface area contributed by atoms with Gasteiger partial charge >= 0.3 is 13.5 Å². The van der Waals surface area contributed by atoms with E-state index in [9.17, 15) is 24.2 Å². The molecule has 1 saturated heterocycles. The van der Waals surface area contributed by atoms with Gasteiger partial charge in [0.25, 0.3) is 5.56 Å². The fourth-order valence-electron chi connectivity index (χ4n) is 3.03. The molecule has 160 valence electrons. The van der Waals surface area contributed by atoms with Gasteiger partial charge in [0.1, 0.15) is 23.4 Å². The summed E-state index contributed by atoms with van der Waals surface area (Å²) in [6, 6.07) is 6.56. The van der Waals surface area contributed by atoms with E-state index < -0.39 is 44.1 Å². The Bertz CT molecular complexity index is 1240. The van der Waals surface area contributed by atoms with Crippen molar-refractivity contribution in [3.05, 3.63) is 56.9 Å². The molecule has 14 heteroatoms. The van der Waals surface area contributed by atoms with Gasteiger partial charge in [-0.25, -0.2) is 4.79 Å². The summed E-state index contributed by atoms with van der Waals surface area (Å²) in [6.45, 7) is 0.960. The molecule has 0 bridgehead atoms. The number of hydrogen-bond acceptors (Lipinski definition) is 10. The minimum absolute atomic E-state index is 0.00283. The predicted molar refractivity (Wildman–Crippen MR) is 98.3 cm³/mol. The molecule has 4 atom stereocenters. The highest BCUT2D eigenvalue weighted by Gasteiger charge is 2.36. The van der Waals surface area contributed by atoms with E-state index in [1.54, 1.807) is 24.3 Å². The van der Waals surface area contributed by atoms with E-state index in [4.69, 9.17) is 13.9 Å². The van der Waals surface area contributed by atoms with Gasteiger partial charge in [-0.15, -0.1) is 5.10 Å². The van der Waals surface area contributed by atoms with Crippen molar-refractivity contribution in [1.29, 1.82) is 0 Å². The van der Waals surface area contributed by atoms with Crippen LogP contribution in [0.15, 0.2) is 40.1 Å². The zero-order valence-corrected chi connectivity index (χ0v) is 16.5. The zero-order chi connectivity index (χ0) is 21.5. The van der Waals surface area contributed by atoms with Crippen LogP contribution in [0.4, 0.5) is 0 Å². The molecule has 3 aromatic rings. The van der Waals surface area contributed by atoms with E-state index in [0.29, 0.717) is 15.9 Å². The van der Waals surface area contributed by atoms with E-state index in [1.165, 1.54) is 13.1 Å². The van der Waals surface area contributed by atoms with Crippen LogP contribution >= 0.6 is 7.82 Å². The lowest BCUT2D eigenvalue weighted by Gasteiger charge is -2.24. The van der Waals surface area contributed by atoms with E-state index >= 15 is 0 Å². The Morgan fingerprint density at radius 1 is 1.40 bits per heavy atom. The fourth-order valence-corrected chi connectivity index (χ4v) is 3.71. The molecule has 0 amide bonds. The molecule has 2 aromatic heterocycles. The highest BCUT2D eigenvalue weighted by Crippen LogP contribution is 2.37. The number of nitrogens with one attached hydrogen (secondary N) is 1. The standard InChI is InChI=1S/C16H18N5O8P/c1-9-7-20(16(24)17-15(9)23)14-6-12(22)13(28-14)8-27-30(25,26)29-21-11-5-3-2-4-10(11)18-19-21/h2-5,7,12-14,22H,6,8H2,1H3,(H,25,26)(H,17,23,24)/p-1. The number of H-pyrrole nitrogens is 1. The van der Waals surface area contributed by atoms with Crippen molar-refractivity contribution in [1.82, 2.24) is 24.7 Å². The van der Waals surface area contributed by atoms with Crippen LogP contribution in [0.3, 0.4) is 0 Å². The number of aromatic nitrogens is 5. The summed E-state index contributed by atoms with van der Waals surface area (Å²) in [7, 11) is -4.88. The van der Waals surface area contributed by atoms with Crippen molar-refractivity contribution in [3.8, 4) is 0 Å². The molecule has 0 aliphatic carbocycles. The number of hydrogen-bond donors (Lipinski definition) is 2. The maximum absolute atomic E-state index is 12.2. The molecule has 13 nitrogen and oxygen atoms in total. The molecule has 1 aromatic carbocycles. The summed E-state index contributed by atoms with van der Waals surface area (Å²) >= 11 is 0. The van der Waals surface area contributed by atoms with Gasteiger partial charge in [0.15, 0.2) is 0 Å². The first-order valence-electron chi connectivity index (χ1n) is 8.85. The van der Waals surface area contributed by atoms with Crippen LogP contribution in [0.25, 0.3) is 11.0 Å². The largest absolute Gasteiger partial charge is 0.745 e. The third-order valence-electron chi connectivity index (χ3n) is 4.56. The Kier molecular flexibility index (Phi) is 5.30. The predicted octanol–water partition coefficient (Wildman–Crippen LogP) is -1.15. The number of aryl methyl sites for hydroxylation is 1. The molecule has 1 aliphatic heterocycles. The summed E-state index contributed by atoms with van der Waals surface area (Å²) in [4.78, 5) is 38.5. The Morgan fingerprint density at radius 2 is 2.17 bits per heavy atom. The molecular formula is C16H17N5O8P-. The molecule has 2 N–H and O–H groups in total. The first kappa shape index (κ1) is 20.4. The molecule has 0 spiro atoms. The Hall–Kier alpha value is -2.83. The Labute approximate surface area is 168 Å². The van der Waals surface area contributed by atoms with Gasteiger partial charge in [-0.3, -0.25) is 18.9 Å². The minimum Gasteiger partial charge on any atom is -0.745 e. The van der Waals surface area contributed by atoms with Crippen LogP contribution in [-0.4, -0.2) is 48.6 Å². The maximum Gasteiger partial charge on any atom is 0.343 e. The number of ether oxygens (including phenoxy) is 1. The monoisotopic (exact) mass is 438 g/mol. The van der Waals surface area contributed by atoms with Crippen molar-refractivity contribution in [2.24, 2.45) is 0 Å². The van der Waals surface area contributed by atoms with E-state index in [1.807, 2.05) is 0 Å². The second-order valence-electron chi connectivity index (χ2n) is 6.69. The lowest BCUT2D eigenvalue weighted by molar-refractivity contribution is -0.229. The quantitative estimate of drug-likeness (QED) is 0.447. The molecule has 3 heterocycles. The van der Waals surface area contributed by atoms with Gasteiger partial charge in [0.2, 0.25) is 0 Å². The number of benzene rings is 1. The molecule has 0 saturated carbocycles. The number of para-hydroxylation sites is 1. The summed E-state index contributed by atoms with van der Waals surface area (Å²) < 4.78 is 28.4. The van der Waals surface area contributed by atoms with Gasteiger partial charge in [-0.05, 0) is 24.3 Å².